The van der Waals surface area contributed by atoms with Gasteiger partial charge in [0.15, 0.2) is 0 Å². The number of hydrogen-bond acceptors (Lipinski definition) is 1. The maximum Gasteiger partial charge on any atom is 0.329 e. The van der Waals surface area contributed by atoms with Crippen molar-refractivity contribution in [3.05, 3.63) is 34.7 Å². The number of rotatable bonds is 1. The Labute approximate surface area is 87.9 Å². The van der Waals surface area contributed by atoms with E-state index < -0.39 is 0 Å². The highest BCUT2D eigenvalue weighted by Crippen LogP contribution is 2.32. The van der Waals surface area contributed by atoms with Crippen molar-refractivity contribution in [2.75, 3.05) is 0 Å². The van der Waals surface area contributed by atoms with E-state index >= 15 is 0 Å². The first-order valence-electron chi connectivity index (χ1n) is 5.45. The summed E-state index contributed by atoms with van der Waals surface area (Å²) in [6, 6.07) is 8.45. The lowest BCUT2D eigenvalue weighted by atomic mass is 9.93. The van der Waals surface area contributed by atoms with E-state index in [1.165, 1.54) is 6.42 Å². The third-order valence-corrected chi connectivity index (χ3v) is 3.44. The van der Waals surface area contributed by atoms with Crippen molar-refractivity contribution in [1.29, 1.82) is 0 Å². The lowest BCUT2D eigenvalue weighted by Crippen LogP contribution is -2.29. The average molecular weight is 202 g/mol. The van der Waals surface area contributed by atoms with Gasteiger partial charge < -0.3 is 0 Å². The van der Waals surface area contributed by atoms with E-state index in [1.807, 2.05) is 35.9 Å². The van der Waals surface area contributed by atoms with E-state index in [4.69, 9.17) is 0 Å². The number of fused-ring (bicyclic) bond motifs is 1. The molecule has 15 heavy (non-hydrogen) atoms. The summed E-state index contributed by atoms with van der Waals surface area (Å²) in [7, 11) is 1.85. The van der Waals surface area contributed by atoms with Gasteiger partial charge in [-0.3, -0.25) is 9.13 Å². The van der Waals surface area contributed by atoms with Gasteiger partial charge in [0.25, 0.3) is 0 Å². The molecule has 0 aliphatic heterocycles. The van der Waals surface area contributed by atoms with Crippen LogP contribution in [0.1, 0.15) is 25.3 Å². The molecule has 0 saturated heterocycles. The van der Waals surface area contributed by atoms with Crippen molar-refractivity contribution in [3.63, 3.8) is 0 Å². The third kappa shape index (κ3) is 1.09. The predicted octanol–water partition coefficient (Wildman–Crippen LogP) is 2.06. The van der Waals surface area contributed by atoms with Crippen molar-refractivity contribution in [3.8, 4) is 0 Å². The molecule has 0 bridgehead atoms. The zero-order chi connectivity index (χ0) is 10.4. The van der Waals surface area contributed by atoms with Gasteiger partial charge in [-0.25, -0.2) is 4.79 Å². The minimum atomic E-state index is 0.126. The normalized spacial score (nSPS) is 16.9. The molecule has 2 aromatic rings. The van der Waals surface area contributed by atoms with Crippen LogP contribution in [-0.2, 0) is 7.05 Å². The molecule has 1 aliphatic rings. The highest BCUT2D eigenvalue weighted by molar-refractivity contribution is 5.76. The Kier molecular flexibility index (Phi) is 1.75. The Morgan fingerprint density at radius 1 is 1.20 bits per heavy atom. The van der Waals surface area contributed by atoms with Crippen LogP contribution in [0.4, 0.5) is 0 Å². The molecule has 1 aromatic carbocycles. The molecule has 1 aromatic heterocycles. The number of aromatic nitrogens is 2. The highest BCUT2D eigenvalue weighted by atomic mass is 16.1. The smallest absolute Gasteiger partial charge is 0.295 e. The minimum absolute atomic E-state index is 0.126. The molecule has 3 heteroatoms. The molecule has 0 amide bonds. The Morgan fingerprint density at radius 2 is 1.87 bits per heavy atom. The average Bonchev–Trinajstić information content (AvgIpc) is 2.42. The van der Waals surface area contributed by atoms with E-state index in [9.17, 15) is 4.79 Å². The number of nitrogens with zero attached hydrogens (tertiary/aromatic N) is 2. The van der Waals surface area contributed by atoms with Crippen LogP contribution in [0.5, 0.6) is 0 Å². The summed E-state index contributed by atoms with van der Waals surface area (Å²) in [5.74, 6) is 0. The lowest BCUT2D eigenvalue weighted by molar-refractivity contribution is 0.312. The molecule has 1 heterocycles. The molecule has 0 radical (unpaired) electrons. The van der Waals surface area contributed by atoms with Crippen molar-refractivity contribution in [1.82, 2.24) is 9.13 Å². The molecule has 3 nitrogen and oxygen atoms in total. The van der Waals surface area contributed by atoms with Crippen LogP contribution >= 0.6 is 0 Å². The fourth-order valence-electron chi connectivity index (χ4n) is 2.32. The first-order valence-corrected chi connectivity index (χ1v) is 5.45. The van der Waals surface area contributed by atoms with Crippen molar-refractivity contribution >= 4 is 11.0 Å². The van der Waals surface area contributed by atoms with Gasteiger partial charge in [0.05, 0.1) is 11.0 Å². The number of imidazole rings is 1. The van der Waals surface area contributed by atoms with Crippen molar-refractivity contribution < 1.29 is 0 Å². The van der Waals surface area contributed by atoms with Gasteiger partial charge in [0.1, 0.15) is 0 Å². The Morgan fingerprint density at radius 3 is 2.47 bits per heavy atom. The molecule has 78 valence electrons. The van der Waals surface area contributed by atoms with Gasteiger partial charge in [-0.15, -0.1) is 0 Å². The van der Waals surface area contributed by atoms with Crippen molar-refractivity contribution in [2.24, 2.45) is 7.05 Å². The standard InChI is InChI=1S/C12H14N2O/c1-13-10-7-2-3-8-11(10)14(12(13)15)9-5-4-6-9/h2-3,7-9H,4-6H2,1H3. The van der Waals surface area contributed by atoms with E-state index in [1.54, 1.807) is 4.57 Å². The van der Waals surface area contributed by atoms with Crippen LogP contribution in [-0.4, -0.2) is 9.13 Å². The van der Waals surface area contributed by atoms with Crippen LogP contribution in [0.25, 0.3) is 11.0 Å². The summed E-state index contributed by atoms with van der Waals surface area (Å²) in [5.41, 5.74) is 2.24. The largest absolute Gasteiger partial charge is 0.329 e. The van der Waals surface area contributed by atoms with Gasteiger partial charge in [-0.2, -0.15) is 0 Å². The summed E-state index contributed by atoms with van der Waals surface area (Å²) in [4.78, 5) is 12.0. The molecular weight excluding hydrogens is 188 g/mol. The molecule has 3 rings (SSSR count). The van der Waals surface area contributed by atoms with Crippen LogP contribution in [0.15, 0.2) is 29.1 Å². The number of para-hydroxylation sites is 2. The van der Waals surface area contributed by atoms with Crippen LogP contribution in [0.3, 0.4) is 0 Å². The molecule has 0 spiro atoms. The van der Waals surface area contributed by atoms with Crippen molar-refractivity contribution in [2.45, 2.75) is 25.3 Å². The summed E-state index contributed by atoms with van der Waals surface area (Å²) >= 11 is 0. The number of hydrogen-bond donors (Lipinski definition) is 0. The quantitative estimate of drug-likeness (QED) is 0.695. The molecular formula is C12H14N2O. The monoisotopic (exact) mass is 202 g/mol. The fraction of sp³-hybridized carbons (Fsp3) is 0.417. The first-order chi connectivity index (χ1) is 7.29. The molecule has 0 atom stereocenters. The Balaban J connectivity index is 2.36. The third-order valence-electron chi connectivity index (χ3n) is 3.44. The van der Waals surface area contributed by atoms with Gasteiger partial charge in [0.2, 0.25) is 0 Å². The van der Waals surface area contributed by atoms with Gasteiger partial charge in [-0.05, 0) is 31.4 Å². The topological polar surface area (TPSA) is 26.9 Å². The maximum atomic E-state index is 12.0. The predicted molar refractivity (Wildman–Crippen MR) is 60.1 cm³/mol. The van der Waals surface area contributed by atoms with Crippen LogP contribution in [0, 0.1) is 0 Å². The van der Waals surface area contributed by atoms with Gasteiger partial charge >= 0.3 is 5.69 Å². The summed E-state index contributed by atoms with van der Waals surface area (Å²) in [5, 5.41) is 0. The summed E-state index contributed by atoms with van der Waals surface area (Å²) in [6.07, 6.45) is 3.54. The molecule has 1 aliphatic carbocycles. The van der Waals surface area contributed by atoms with E-state index in [-0.39, 0.29) is 5.69 Å². The zero-order valence-electron chi connectivity index (χ0n) is 8.81. The SMILES string of the molecule is Cn1c(=O)n(C2CCC2)c2ccccc21. The van der Waals surface area contributed by atoms with E-state index in [2.05, 4.69) is 0 Å². The van der Waals surface area contributed by atoms with Gasteiger partial charge in [-0.1, -0.05) is 12.1 Å². The van der Waals surface area contributed by atoms with Crippen LogP contribution < -0.4 is 5.69 Å². The highest BCUT2D eigenvalue weighted by Gasteiger charge is 2.24. The van der Waals surface area contributed by atoms with Gasteiger partial charge in [0, 0.05) is 13.1 Å². The summed E-state index contributed by atoms with van der Waals surface area (Å²) < 4.78 is 3.70. The fourth-order valence-corrected chi connectivity index (χ4v) is 2.32. The van der Waals surface area contributed by atoms with Crippen LogP contribution in [0.2, 0.25) is 0 Å². The number of aryl methyl sites for hydroxylation is 1. The van der Waals surface area contributed by atoms with E-state index in [0.29, 0.717) is 6.04 Å². The maximum absolute atomic E-state index is 12.0. The summed E-state index contributed by atoms with van der Waals surface area (Å²) in [6.45, 7) is 0. The van der Waals surface area contributed by atoms with E-state index in [0.717, 1.165) is 23.9 Å². The second-order valence-corrected chi connectivity index (χ2v) is 4.29. The molecule has 1 saturated carbocycles. The lowest BCUT2D eigenvalue weighted by Gasteiger charge is -2.26. The first kappa shape index (κ1) is 8.77. The molecule has 1 fully saturated rings. The second-order valence-electron chi connectivity index (χ2n) is 4.29. The Bertz CT molecular complexity index is 560. The molecule has 0 unspecified atom stereocenters. The zero-order valence-corrected chi connectivity index (χ0v) is 8.81. The Hall–Kier alpha value is -1.51. The minimum Gasteiger partial charge on any atom is -0.295 e. The number of benzene rings is 1. The molecule has 0 N–H and O–H groups in total. The second kappa shape index (κ2) is 2.99.